The molecule has 0 heterocycles. The second kappa shape index (κ2) is 6.88. The first-order valence-corrected chi connectivity index (χ1v) is 6.86. The van der Waals surface area contributed by atoms with Crippen LogP contribution in [0.25, 0.3) is 0 Å². The van der Waals surface area contributed by atoms with Crippen molar-refractivity contribution in [3.63, 3.8) is 0 Å². The highest BCUT2D eigenvalue weighted by Crippen LogP contribution is 2.16. The van der Waals surface area contributed by atoms with Crippen LogP contribution in [-0.4, -0.2) is 11.0 Å². The Bertz CT molecular complexity index is 628. The van der Waals surface area contributed by atoms with Crippen molar-refractivity contribution < 1.29 is 14.3 Å². The smallest absolute Gasteiger partial charge is 0.223 e. The van der Waals surface area contributed by atoms with Gasteiger partial charge in [-0.1, -0.05) is 43.3 Å². The minimum absolute atomic E-state index is 0.152. The molecular formula is C17H18FNO2. The molecule has 0 aliphatic carbocycles. The molecular weight excluding hydrogens is 269 g/mol. The first-order valence-electron chi connectivity index (χ1n) is 6.86. The lowest BCUT2D eigenvalue weighted by atomic mass is 10.00. The average Bonchev–Trinajstić information content (AvgIpc) is 2.48. The summed E-state index contributed by atoms with van der Waals surface area (Å²) in [6, 6.07) is 13.3. The molecule has 4 heteroatoms. The van der Waals surface area contributed by atoms with E-state index in [0.717, 1.165) is 0 Å². The molecule has 0 saturated heterocycles. The van der Waals surface area contributed by atoms with E-state index >= 15 is 0 Å². The van der Waals surface area contributed by atoms with Crippen LogP contribution in [0.4, 0.5) is 4.39 Å². The fourth-order valence-corrected chi connectivity index (χ4v) is 2.10. The monoisotopic (exact) mass is 287 g/mol. The Hall–Kier alpha value is -2.36. The zero-order valence-corrected chi connectivity index (χ0v) is 11.8. The SMILES string of the molecule is C[C@H](Cc1ccccc1F)C(=O)NCc1ccccc1O. The standard InChI is InChI=1S/C17H18FNO2/c1-12(10-13-6-2-4-8-15(13)18)17(21)19-11-14-7-3-5-9-16(14)20/h2-9,12,20H,10-11H2,1H3,(H,19,21)/t12-/m1/s1. The number of rotatable bonds is 5. The number of phenols is 1. The van der Waals surface area contributed by atoms with E-state index in [0.29, 0.717) is 17.5 Å². The molecule has 2 N–H and O–H groups in total. The quantitative estimate of drug-likeness (QED) is 0.888. The van der Waals surface area contributed by atoms with Crippen LogP contribution < -0.4 is 5.32 Å². The average molecular weight is 287 g/mol. The van der Waals surface area contributed by atoms with E-state index in [1.54, 1.807) is 49.4 Å². The van der Waals surface area contributed by atoms with Gasteiger partial charge in [-0.05, 0) is 24.1 Å². The molecule has 0 aliphatic heterocycles. The van der Waals surface area contributed by atoms with Crippen molar-refractivity contribution in [2.75, 3.05) is 0 Å². The summed E-state index contributed by atoms with van der Waals surface area (Å²) in [5.74, 6) is -0.647. The summed E-state index contributed by atoms with van der Waals surface area (Å²) in [6.45, 7) is 2.01. The van der Waals surface area contributed by atoms with Crippen molar-refractivity contribution in [3.05, 3.63) is 65.5 Å². The van der Waals surface area contributed by atoms with Gasteiger partial charge >= 0.3 is 0 Å². The predicted molar refractivity (Wildman–Crippen MR) is 79.2 cm³/mol. The van der Waals surface area contributed by atoms with Crippen molar-refractivity contribution in [2.45, 2.75) is 19.9 Å². The first-order chi connectivity index (χ1) is 10.1. The fourth-order valence-electron chi connectivity index (χ4n) is 2.10. The van der Waals surface area contributed by atoms with Crippen LogP contribution in [0, 0.1) is 11.7 Å². The van der Waals surface area contributed by atoms with Crippen LogP contribution in [0.3, 0.4) is 0 Å². The number of amides is 1. The number of carbonyl (C=O) groups excluding carboxylic acids is 1. The van der Waals surface area contributed by atoms with Crippen LogP contribution in [-0.2, 0) is 17.8 Å². The van der Waals surface area contributed by atoms with Gasteiger partial charge in [0.25, 0.3) is 0 Å². The maximum Gasteiger partial charge on any atom is 0.223 e. The molecule has 21 heavy (non-hydrogen) atoms. The van der Waals surface area contributed by atoms with Gasteiger partial charge in [0.1, 0.15) is 11.6 Å². The number of nitrogens with one attached hydrogen (secondary N) is 1. The lowest BCUT2D eigenvalue weighted by molar-refractivity contribution is -0.124. The number of phenolic OH excluding ortho intramolecular Hbond substituents is 1. The van der Waals surface area contributed by atoms with Crippen molar-refractivity contribution in [1.82, 2.24) is 5.32 Å². The molecule has 0 bridgehead atoms. The molecule has 0 spiro atoms. The Labute approximate surface area is 123 Å². The van der Waals surface area contributed by atoms with E-state index in [2.05, 4.69) is 5.32 Å². The zero-order valence-electron chi connectivity index (χ0n) is 11.8. The predicted octanol–water partition coefficient (Wildman–Crippen LogP) is 3.03. The summed E-state index contributed by atoms with van der Waals surface area (Å²) in [6.07, 6.45) is 0.347. The zero-order chi connectivity index (χ0) is 15.2. The molecule has 3 nitrogen and oxygen atoms in total. The van der Waals surface area contributed by atoms with Crippen molar-refractivity contribution >= 4 is 5.91 Å². The molecule has 0 saturated carbocycles. The number of benzene rings is 2. The van der Waals surface area contributed by atoms with E-state index in [-0.39, 0.29) is 29.9 Å². The van der Waals surface area contributed by atoms with Gasteiger partial charge in [0, 0.05) is 18.0 Å². The lowest BCUT2D eigenvalue weighted by Gasteiger charge is -2.13. The van der Waals surface area contributed by atoms with E-state index in [9.17, 15) is 14.3 Å². The number of hydrogen-bond acceptors (Lipinski definition) is 2. The second-order valence-corrected chi connectivity index (χ2v) is 5.04. The van der Waals surface area contributed by atoms with Crippen molar-refractivity contribution in [3.8, 4) is 5.75 Å². The van der Waals surface area contributed by atoms with Gasteiger partial charge in [0.15, 0.2) is 0 Å². The Morgan fingerprint density at radius 3 is 2.43 bits per heavy atom. The van der Waals surface area contributed by atoms with Crippen LogP contribution in [0.1, 0.15) is 18.1 Å². The van der Waals surface area contributed by atoms with E-state index < -0.39 is 0 Å². The molecule has 0 unspecified atom stereocenters. The number of hydrogen-bond donors (Lipinski definition) is 2. The normalized spacial score (nSPS) is 11.9. The van der Waals surface area contributed by atoms with E-state index in [1.807, 2.05) is 0 Å². The van der Waals surface area contributed by atoms with Crippen molar-refractivity contribution in [1.29, 1.82) is 0 Å². The van der Waals surface area contributed by atoms with Crippen molar-refractivity contribution in [2.24, 2.45) is 5.92 Å². The summed E-state index contributed by atoms with van der Waals surface area (Å²) in [5.41, 5.74) is 1.19. The van der Waals surface area contributed by atoms with Gasteiger partial charge in [-0.25, -0.2) is 4.39 Å². The minimum Gasteiger partial charge on any atom is -0.508 e. The first kappa shape index (κ1) is 15.0. The Kier molecular flexibility index (Phi) is 4.93. The summed E-state index contributed by atoms with van der Waals surface area (Å²) in [4.78, 5) is 12.0. The Morgan fingerprint density at radius 2 is 1.76 bits per heavy atom. The number of halogens is 1. The number of aromatic hydroxyl groups is 1. The fraction of sp³-hybridized carbons (Fsp3) is 0.235. The van der Waals surface area contributed by atoms with Crippen LogP contribution >= 0.6 is 0 Å². The third-order valence-electron chi connectivity index (χ3n) is 3.38. The highest BCUT2D eigenvalue weighted by atomic mass is 19.1. The summed E-state index contributed by atoms with van der Waals surface area (Å²) in [7, 11) is 0. The van der Waals surface area contributed by atoms with Crippen LogP contribution in [0.2, 0.25) is 0 Å². The summed E-state index contributed by atoms with van der Waals surface area (Å²) >= 11 is 0. The molecule has 0 fully saturated rings. The Morgan fingerprint density at radius 1 is 1.14 bits per heavy atom. The Balaban J connectivity index is 1.91. The van der Waals surface area contributed by atoms with Gasteiger partial charge in [-0.15, -0.1) is 0 Å². The molecule has 0 aliphatic rings. The van der Waals surface area contributed by atoms with Gasteiger partial charge in [-0.2, -0.15) is 0 Å². The third kappa shape index (κ3) is 4.05. The molecule has 110 valence electrons. The van der Waals surface area contributed by atoms with Crippen LogP contribution in [0.15, 0.2) is 48.5 Å². The summed E-state index contributed by atoms with van der Waals surface area (Å²) in [5, 5.41) is 12.4. The highest BCUT2D eigenvalue weighted by Gasteiger charge is 2.15. The number of para-hydroxylation sites is 1. The summed E-state index contributed by atoms with van der Waals surface area (Å²) < 4.78 is 13.6. The van der Waals surface area contributed by atoms with Gasteiger partial charge < -0.3 is 10.4 Å². The molecule has 2 aromatic rings. The molecule has 2 aromatic carbocycles. The second-order valence-electron chi connectivity index (χ2n) is 5.04. The molecule has 0 aromatic heterocycles. The minimum atomic E-state index is -0.340. The topological polar surface area (TPSA) is 49.3 Å². The highest BCUT2D eigenvalue weighted by molar-refractivity contribution is 5.78. The van der Waals surface area contributed by atoms with E-state index in [1.165, 1.54) is 6.07 Å². The molecule has 2 rings (SSSR count). The van der Waals surface area contributed by atoms with Gasteiger partial charge in [-0.3, -0.25) is 4.79 Å². The van der Waals surface area contributed by atoms with Crippen LogP contribution in [0.5, 0.6) is 5.75 Å². The largest absolute Gasteiger partial charge is 0.508 e. The maximum atomic E-state index is 13.6. The van der Waals surface area contributed by atoms with E-state index in [4.69, 9.17) is 0 Å². The molecule has 0 radical (unpaired) electrons. The maximum absolute atomic E-state index is 13.6. The third-order valence-corrected chi connectivity index (χ3v) is 3.38. The lowest BCUT2D eigenvalue weighted by Crippen LogP contribution is -2.30. The number of carbonyl (C=O) groups is 1. The molecule has 1 atom stereocenters. The van der Waals surface area contributed by atoms with Gasteiger partial charge in [0.2, 0.25) is 5.91 Å². The van der Waals surface area contributed by atoms with Gasteiger partial charge in [0.05, 0.1) is 0 Å². The molecule has 1 amide bonds.